The van der Waals surface area contributed by atoms with Crippen LogP contribution in [0, 0.1) is 6.92 Å². The number of thiophene rings is 1. The van der Waals surface area contributed by atoms with Crippen LogP contribution >= 0.6 is 11.3 Å². The number of fused-ring (bicyclic) bond motifs is 13. The quantitative estimate of drug-likeness (QED) is 0.163. The molecule has 0 bridgehead atoms. The molecule has 6 heteroatoms. The Morgan fingerprint density at radius 3 is 1.88 bits per heavy atom. The van der Waals surface area contributed by atoms with Gasteiger partial charge in [-0.3, -0.25) is 0 Å². The molecule has 2 aliphatic heterocycles. The Kier molecular flexibility index (Phi) is 7.24. The van der Waals surface area contributed by atoms with Crippen molar-refractivity contribution in [3.8, 4) is 17.2 Å². The van der Waals surface area contributed by atoms with Gasteiger partial charge in [0, 0.05) is 60.3 Å². The van der Waals surface area contributed by atoms with Gasteiger partial charge in [0.25, 0.3) is 6.71 Å². The average molecular weight is 796 g/mol. The molecule has 0 saturated heterocycles. The second-order valence-corrected chi connectivity index (χ2v) is 20.2. The highest BCUT2D eigenvalue weighted by molar-refractivity contribution is 7.33. The standard InChI is InChI=1S/C54H46BN3OS/c1-31-27-44-48-45(28-31)59-51-38-29-33(54(5,6)7)23-26-46(38)60-52(51)55(48)39-30-43(58-41-19-13-9-15-35(41)36-16-10-14-20-42(36)58)47-37-17-11-12-18-40(37)56(8)50(47)49(39)57(44)34-24-21-32(22-25-34)53(2,3)4/h9-30H,1-8H3. The molecule has 0 fully saturated rings. The van der Waals surface area contributed by atoms with Gasteiger partial charge in [0.1, 0.15) is 11.5 Å². The van der Waals surface area contributed by atoms with Crippen molar-refractivity contribution in [2.45, 2.75) is 59.3 Å². The number of para-hydroxylation sites is 3. The minimum absolute atomic E-state index is 0.0111. The lowest BCUT2D eigenvalue weighted by Crippen LogP contribution is -2.58. The fourth-order valence-electron chi connectivity index (χ4n) is 10.4. The molecule has 0 saturated carbocycles. The molecule has 7 aromatic carbocycles. The van der Waals surface area contributed by atoms with Gasteiger partial charge in [-0.1, -0.05) is 114 Å². The number of anilines is 3. The number of hydrogen-bond donors (Lipinski definition) is 0. The Hall–Kier alpha value is -6.24. The number of ether oxygens (including phenoxy) is 1. The Morgan fingerprint density at radius 2 is 1.22 bits per heavy atom. The number of benzene rings is 7. The van der Waals surface area contributed by atoms with Gasteiger partial charge in [0.2, 0.25) is 0 Å². The molecular weight excluding hydrogens is 749 g/mol. The van der Waals surface area contributed by atoms with Crippen molar-refractivity contribution in [1.29, 1.82) is 0 Å². The van der Waals surface area contributed by atoms with Crippen molar-refractivity contribution in [3.05, 3.63) is 150 Å². The zero-order valence-corrected chi connectivity index (χ0v) is 36.3. The van der Waals surface area contributed by atoms with Crippen molar-refractivity contribution in [2.75, 3.05) is 4.90 Å². The maximum atomic E-state index is 7.24. The van der Waals surface area contributed by atoms with Gasteiger partial charge in [-0.15, -0.1) is 11.3 Å². The third-order valence-electron chi connectivity index (χ3n) is 13.3. The van der Waals surface area contributed by atoms with Crippen LogP contribution in [0.5, 0.6) is 11.5 Å². The first-order chi connectivity index (χ1) is 28.9. The van der Waals surface area contributed by atoms with E-state index in [9.17, 15) is 0 Å². The van der Waals surface area contributed by atoms with Crippen molar-refractivity contribution in [3.63, 3.8) is 0 Å². The van der Waals surface area contributed by atoms with Crippen LogP contribution in [0.15, 0.2) is 133 Å². The highest BCUT2D eigenvalue weighted by atomic mass is 32.1. The van der Waals surface area contributed by atoms with Crippen LogP contribution in [0.2, 0.25) is 0 Å². The van der Waals surface area contributed by atoms with Gasteiger partial charge in [-0.2, -0.15) is 0 Å². The van der Waals surface area contributed by atoms with E-state index >= 15 is 0 Å². The van der Waals surface area contributed by atoms with Crippen molar-refractivity contribution < 1.29 is 4.74 Å². The van der Waals surface area contributed by atoms with E-state index in [0.29, 0.717) is 0 Å². The molecule has 0 radical (unpaired) electrons. The number of nitrogens with zero attached hydrogens (tertiary/aromatic N) is 3. The maximum Gasteiger partial charge on any atom is 0.269 e. The monoisotopic (exact) mass is 795 g/mol. The molecule has 10 aromatic rings. The Labute approximate surface area is 355 Å². The summed E-state index contributed by atoms with van der Waals surface area (Å²) in [7, 11) is 2.27. The first-order valence-corrected chi connectivity index (χ1v) is 22.0. The molecule has 2 aliphatic rings. The zero-order chi connectivity index (χ0) is 41.0. The highest BCUT2D eigenvalue weighted by Gasteiger charge is 2.46. The molecule has 3 aromatic heterocycles. The van der Waals surface area contributed by atoms with Crippen molar-refractivity contribution in [2.24, 2.45) is 7.05 Å². The topological polar surface area (TPSA) is 22.3 Å². The van der Waals surface area contributed by atoms with Crippen molar-refractivity contribution in [1.82, 2.24) is 9.13 Å². The third-order valence-corrected chi connectivity index (χ3v) is 14.5. The SMILES string of the molecule is Cc1cc2c3c(c1)N(c1ccc(C(C)(C)C)cc1)c1c(cc(-n4c5ccccc5c5ccccc54)c4c5ccccc5n(C)c14)B3c1sc3ccc(C(C)(C)C)cc3c1O2. The van der Waals surface area contributed by atoms with Gasteiger partial charge in [-0.05, 0) is 106 Å². The van der Waals surface area contributed by atoms with Crippen LogP contribution in [-0.4, -0.2) is 15.8 Å². The molecule has 5 heterocycles. The number of aromatic nitrogens is 2. The summed E-state index contributed by atoms with van der Waals surface area (Å²) in [6.07, 6.45) is 0. The normalized spacial score (nSPS) is 13.7. The number of aryl methyl sites for hydroxylation is 2. The van der Waals surface area contributed by atoms with Gasteiger partial charge in [0.15, 0.2) is 0 Å². The van der Waals surface area contributed by atoms with Crippen LogP contribution in [0.25, 0.3) is 59.4 Å². The van der Waals surface area contributed by atoms with E-state index in [1.165, 1.54) is 103 Å². The summed E-state index contributed by atoms with van der Waals surface area (Å²) >= 11 is 1.89. The summed E-state index contributed by atoms with van der Waals surface area (Å²) in [4.78, 5) is 2.56. The third kappa shape index (κ3) is 4.85. The summed E-state index contributed by atoms with van der Waals surface area (Å²) in [5, 5.41) is 6.22. The van der Waals surface area contributed by atoms with E-state index in [2.05, 4.69) is 203 Å². The molecule has 0 amide bonds. The minimum atomic E-state index is -0.0517. The molecule has 4 nitrogen and oxygen atoms in total. The lowest BCUT2D eigenvalue weighted by atomic mass is 9.36. The predicted molar refractivity (Wildman–Crippen MR) is 258 cm³/mol. The molecule has 292 valence electrons. The van der Waals surface area contributed by atoms with Gasteiger partial charge in [-0.25, -0.2) is 0 Å². The summed E-state index contributed by atoms with van der Waals surface area (Å²) < 4.78 is 14.8. The van der Waals surface area contributed by atoms with Crippen LogP contribution in [-0.2, 0) is 17.9 Å². The second kappa shape index (κ2) is 12.2. The Morgan fingerprint density at radius 1 is 0.600 bits per heavy atom. The highest BCUT2D eigenvalue weighted by Crippen LogP contribution is 2.50. The first-order valence-electron chi connectivity index (χ1n) is 21.2. The summed E-state index contributed by atoms with van der Waals surface area (Å²) in [6, 6.07) is 50.3. The van der Waals surface area contributed by atoms with E-state index in [4.69, 9.17) is 4.74 Å². The first kappa shape index (κ1) is 35.7. The van der Waals surface area contributed by atoms with Crippen molar-refractivity contribution >= 4 is 105 Å². The maximum absolute atomic E-state index is 7.24. The van der Waals surface area contributed by atoms with Gasteiger partial charge < -0.3 is 18.8 Å². The lowest BCUT2D eigenvalue weighted by molar-refractivity contribution is 0.494. The smallest absolute Gasteiger partial charge is 0.269 e. The van der Waals surface area contributed by atoms with Crippen LogP contribution in [0.4, 0.5) is 17.1 Å². The number of rotatable bonds is 2. The van der Waals surface area contributed by atoms with Crippen LogP contribution in [0.1, 0.15) is 58.2 Å². The van der Waals surface area contributed by atoms with E-state index < -0.39 is 0 Å². The molecule has 0 N–H and O–H groups in total. The minimum Gasteiger partial charge on any atom is -0.457 e. The summed E-state index contributed by atoms with van der Waals surface area (Å²) in [6.45, 7) is 15.9. The molecule has 0 spiro atoms. The fourth-order valence-corrected chi connectivity index (χ4v) is 11.6. The molecule has 12 rings (SSSR count). The predicted octanol–water partition coefficient (Wildman–Crippen LogP) is 13.0. The molecule has 0 aliphatic carbocycles. The second-order valence-electron chi connectivity index (χ2n) is 19.1. The number of hydrogen-bond acceptors (Lipinski definition) is 3. The summed E-state index contributed by atoms with van der Waals surface area (Å²) in [5.74, 6) is 1.94. The molecule has 0 unspecified atom stereocenters. The van der Waals surface area contributed by atoms with E-state index in [1.54, 1.807) is 0 Å². The van der Waals surface area contributed by atoms with Gasteiger partial charge in [0.05, 0.1) is 27.9 Å². The Bertz CT molecular complexity index is 3410. The molecule has 0 atom stereocenters. The molecular formula is C54H46BN3OS. The molecule has 60 heavy (non-hydrogen) atoms. The van der Waals surface area contributed by atoms with E-state index in [1.807, 2.05) is 11.3 Å². The lowest BCUT2D eigenvalue weighted by Gasteiger charge is -2.40. The van der Waals surface area contributed by atoms with Crippen LogP contribution in [0.3, 0.4) is 0 Å². The van der Waals surface area contributed by atoms with Gasteiger partial charge >= 0.3 is 0 Å². The Balaban J connectivity index is 1.27. The fraction of sp³-hybridized carbons (Fsp3) is 0.185. The average Bonchev–Trinajstić information content (AvgIpc) is 3.87. The zero-order valence-electron chi connectivity index (χ0n) is 35.4. The largest absolute Gasteiger partial charge is 0.457 e. The van der Waals surface area contributed by atoms with E-state index in [0.717, 1.165) is 17.2 Å². The summed E-state index contributed by atoms with van der Waals surface area (Å²) in [5.41, 5.74) is 16.0. The van der Waals surface area contributed by atoms with Crippen LogP contribution < -0.4 is 25.3 Å². The van der Waals surface area contributed by atoms with E-state index in [-0.39, 0.29) is 17.5 Å².